The molecule has 2 aliphatic heterocycles. The summed E-state index contributed by atoms with van der Waals surface area (Å²) in [5.41, 5.74) is -2.45. The summed E-state index contributed by atoms with van der Waals surface area (Å²) in [6.07, 6.45) is 1.78. The lowest BCUT2D eigenvalue weighted by atomic mass is 9.98. The zero-order chi connectivity index (χ0) is 23.2. The maximum Gasteiger partial charge on any atom is 0.274 e. The van der Waals surface area contributed by atoms with Crippen LogP contribution >= 0.6 is 0 Å². The van der Waals surface area contributed by atoms with Crippen LogP contribution in [0.1, 0.15) is 51.7 Å². The monoisotopic (exact) mass is 451 g/mol. The fourth-order valence-corrected chi connectivity index (χ4v) is 4.12. The highest BCUT2D eigenvalue weighted by molar-refractivity contribution is 5.99. The number of halogens is 3. The molecule has 1 fully saturated rings. The van der Waals surface area contributed by atoms with Gasteiger partial charge in [0.2, 0.25) is 5.43 Å². The van der Waals surface area contributed by atoms with Crippen LogP contribution in [0.3, 0.4) is 0 Å². The molecular formula is C21H20F3N3O5. The predicted molar refractivity (Wildman–Crippen MR) is 105 cm³/mol. The minimum absolute atomic E-state index is 0.241. The summed E-state index contributed by atoms with van der Waals surface area (Å²) < 4.78 is 42.0. The molecule has 0 spiro atoms. The normalized spacial score (nSPS) is 20.4. The number of aromatic hydroxyl groups is 1. The molecule has 1 saturated heterocycles. The van der Waals surface area contributed by atoms with Gasteiger partial charge in [0.05, 0.1) is 12.1 Å². The second-order valence-electron chi connectivity index (χ2n) is 7.93. The number of carbonyl (C=O) groups is 2. The zero-order valence-electron chi connectivity index (χ0n) is 16.8. The van der Waals surface area contributed by atoms with Gasteiger partial charge in [0.1, 0.15) is 23.0 Å². The molecule has 2 aromatic rings. The van der Waals surface area contributed by atoms with Crippen molar-refractivity contribution in [1.82, 2.24) is 14.8 Å². The first kappa shape index (κ1) is 21.9. The van der Waals surface area contributed by atoms with Crippen LogP contribution in [0.25, 0.3) is 0 Å². The van der Waals surface area contributed by atoms with E-state index in [2.05, 4.69) is 5.32 Å². The third kappa shape index (κ3) is 3.83. The van der Waals surface area contributed by atoms with Crippen LogP contribution in [0.5, 0.6) is 5.75 Å². The Balaban J connectivity index is 1.66. The predicted octanol–water partition coefficient (Wildman–Crippen LogP) is 1.44. The van der Waals surface area contributed by atoms with Crippen molar-refractivity contribution in [2.45, 2.75) is 38.0 Å². The van der Waals surface area contributed by atoms with E-state index in [-0.39, 0.29) is 24.8 Å². The molecule has 11 heteroatoms. The first-order valence-corrected chi connectivity index (χ1v) is 10.0. The molecule has 170 valence electrons. The maximum atomic E-state index is 13.8. The quantitative estimate of drug-likeness (QED) is 0.654. The summed E-state index contributed by atoms with van der Waals surface area (Å²) in [4.78, 5) is 39.4. The van der Waals surface area contributed by atoms with Crippen molar-refractivity contribution in [3.8, 4) is 5.75 Å². The number of nitrogens with one attached hydrogen (secondary N) is 1. The van der Waals surface area contributed by atoms with E-state index in [1.165, 1.54) is 9.47 Å². The van der Waals surface area contributed by atoms with Gasteiger partial charge < -0.3 is 25.0 Å². The Kier molecular flexibility index (Phi) is 5.68. The molecule has 1 aromatic heterocycles. The SMILES string of the molecule is O=C(NCc1c(F)cc(F)cc1F)c1cn2c(c(O)c1=O)C(=O)N1CCC(O)CC[C@H]2C1. The number of aliphatic hydroxyl groups is 1. The Morgan fingerprint density at radius 3 is 2.50 bits per heavy atom. The zero-order valence-corrected chi connectivity index (χ0v) is 16.8. The summed E-state index contributed by atoms with van der Waals surface area (Å²) in [7, 11) is 0. The number of carbonyl (C=O) groups excluding carboxylic acids is 2. The molecule has 3 N–H and O–H groups in total. The van der Waals surface area contributed by atoms with Crippen LogP contribution < -0.4 is 10.7 Å². The Morgan fingerprint density at radius 2 is 1.81 bits per heavy atom. The highest BCUT2D eigenvalue weighted by Crippen LogP contribution is 2.31. The maximum absolute atomic E-state index is 13.8. The van der Waals surface area contributed by atoms with Gasteiger partial charge in [-0.3, -0.25) is 14.4 Å². The van der Waals surface area contributed by atoms with E-state index in [1.807, 2.05) is 0 Å². The second kappa shape index (κ2) is 8.30. The van der Waals surface area contributed by atoms with Crippen molar-refractivity contribution in [2.24, 2.45) is 0 Å². The number of aromatic nitrogens is 1. The first-order chi connectivity index (χ1) is 15.2. The van der Waals surface area contributed by atoms with Gasteiger partial charge >= 0.3 is 0 Å². The van der Waals surface area contributed by atoms with E-state index < -0.39 is 64.2 Å². The van der Waals surface area contributed by atoms with Gasteiger partial charge in [-0.1, -0.05) is 0 Å². The van der Waals surface area contributed by atoms with Crippen LogP contribution in [0, 0.1) is 17.5 Å². The van der Waals surface area contributed by atoms with Crippen molar-refractivity contribution in [1.29, 1.82) is 0 Å². The van der Waals surface area contributed by atoms with Crippen molar-refractivity contribution in [3.05, 3.63) is 62.8 Å². The number of aliphatic hydroxyl groups excluding tert-OH is 1. The third-order valence-electron chi connectivity index (χ3n) is 5.87. The fourth-order valence-electron chi connectivity index (χ4n) is 4.12. The molecule has 2 aliphatic rings. The second-order valence-corrected chi connectivity index (χ2v) is 7.93. The minimum Gasteiger partial charge on any atom is -0.503 e. The van der Waals surface area contributed by atoms with Gasteiger partial charge in [-0.15, -0.1) is 0 Å². The smallest absolute Gasteiger partial charge is 0.274 e. The molecular weight excluding hydrogens is 431 g/mol. The molecule has 0 aliphatic carbocycles. The molecule has 3 heterocycles. The lowest BCUT2D eigenvalue weighted by Gasteiger charge is -2.39. The van der Waals surface area contributed by atoms with Gasteiger partial charge in [-0.05, 0) is 19.3 Å². The first-order valence-electron chi connectivity index (χ1n) is 10.0. The van der Waals surface area contributed by atoms with Gasteiger partial charge in [0, 0.05) is 43.5 Å². The number of hydrogen-bond acceptors (Lipinski definition) is 5. The fraction of sp³-hybridized carbons (Fsp3) is 0.381. The van der Waals surface area contributed by atoms with Crippen molar-refractivity contribution >= 4 is 11.8 Å². The van der Waals surface area contributed by atoms with Crippen molar-refractivity contribution in [2.75, 3.05) is 13.1 Å². The number of amides is 2. The molecule has 8 nitrogen and oxygen atoms in total. The number of benzene rings is 1. The molecule has 2 bridgehead atoms. The topological polar surface area (TPSA) is 112 Å². The number of fused-ring (bicyclic) bond motifs is 4. The van der Waals surface area contributed by atoms with Crippen LogP contribution in [0.4, 0.5) is 13.2 Å². The molecule has 32 heavy (non-hydrogen) atoms. The number of nitrogens with zero attached hydrogens (tertiary/aromatic N) is 2. The van der Waals surface area contributed by atoms with E-state index in [9.17, 15) is 37.8 Å². The lowest BCUT2D eigenvalue weighted by Crippen LogP contribution is -2.47. The molecule has 2 amide bonds. The van der Waals surface area contributed by atoms with Gasteiger partial charge in [-0.25, -0.2) is 13.2 Å². The summed E-state index contributed by atoms with van der Waals surface area (Å²) in [5, 5.41) is 22.6. The average Bonchev–Trinajstić information content (AvgIpc) is 2.72. The molecule has 0 radical (unpaired) electrons. The molecule has 1 unspecified atom stereocenters. The molecule has 0 saturated carbocycles. The molecule has 1 aromatic carbocycles. The number of hydrogen-bond donors (Lipinski definition) is 3. The van der Waals surface area contributed by atoms with E-state index in [4.69, 9.17) is 0 Å². The molecule has 2 atom stereocenters. The van der Waals surface area contributed by atoms with Crippen LogP contribution in [0.15, 0.2) is 23.1 Å². The van der Waals surface area contributed by atoms with Gasteiger partial charge in [0.25, 0.3) is 11.8 Å². The van der Waals surface area contributed by atoms with Gasteiger partial charge in [-0.2, -0.15) is 0 Å². The average molecular weight is 451 g/mol. The number of rotatable bonds is 3. The Bertz CT molecular complexity index is 1140. The van der Waals surface area contributed by atoms with E-state index in [1.54, 1.807) is 0 Å². The van der Waals surface area contributed by atoms with Crippen LogP contribution in [-0.2, 0) is 6.54 Å². The standard InChI is InChI=1S/C21H20F3N3O5/c22-10-5-15(23)13(16(24)6-10)7-25-20(31)14-9-27-11-1-2-12(28)3-4-26(8-11)21(32)17(27)19(30)18(14)29/h5-6,9,11-12,28,30H,1-4,7-8H2,(H,25,31)/t11-,12?/m0/s1. The van der Waals surface area contributed by atoms with Crippen LogP contribution in [0.2, 0.25) is 0 Å². The Morgan fingerprint density at radius 1 is 1.12 bits per heavy atom. The Hall–Kier alpha value is -3.34. The number of pyridine rings is 1. The summed E-state index contributed by atoms with van der Waals surface area (Å²) in [6, 6.07) is 0.539. The van der Waals surface area contributed by atoms with Crippen molar-refractivity contribution in [3.63, 3.8) is 0 Å². The van der Waals surface area contributed by atoms with E-state index >= 15 is 0 Å². The van der Waals surface area contributed by atoms with E-state index in [0.717, 1.165) is 6.20 Å². The summed E-state index contributed by atoms with van der Waals surface area (Å²) in [6.45, 7) is -0.115. The largest absolute Gasteiger partial charge is 0.503 e. The molecule has 4 rings (SSSR count). The van der Waals surface area contributed by atoms with Gasteiger partial charge in [0.15, 0.2) is 11.4 Å². The van der Waals surface area contributed by atoms with E-state index in [0.29, 0.717) is 31.4 Å². The third-order valence-corrected chi connectivity index (χ3v) is 5.87. The van der Waals surface area contributed by atoms with Crippen molar-refractivity contribution < 1.29 is 33.0 Å². The lowest BCUT2D eigenvalue weighted by molar-refractivity contribution is 0.0521. The highest BCUT2D eigenvalue weighted by Gasteiger charge is 2.36. The summed E-state index contributed by atoms with van der Waals surface area (Å²) in [5.74, 6) is -6.02. The Labute approximate surface area is 179 Å². The summed E-state index contributed by atoms with van der Waals surface area (Å²) >= 11 is 0. The minimum atomic E-state index is -1.20. The highest BCUT2D eigenvalue weighted by atomic mass is 19.1. The van der Waals surface area contributed by atoms with Crippen LogP contribution in [-0.4, -0.2) is 50.7 Å².